The lowest BCUT2D eigenvalue weighted by Gasteiger charge is -2.31. The lowest BCUT2D eigenvalue weighted by atomic mass is 9.95. The van der Waals surface area contributed by atoms with Crippen LogP contribution in [0.3, 0.4) is 0 Å². The molecule has 2 saturated heterocycles. The number of halogens is 1. The Balaban J connectivity index is 1.71. The minimum atomic E-state index is -0.782. The maximum absolute atomic E-state index is 13.5. The van der Waals surface area contributed by atoms with Gasteiger partial charge in [-0.2, -0.15) is 0 Å². The highest BCUT2D eigenvalue weighted by Gasteiger charge is 2.46. The highest BCUT2D eigenvalue weighted by atomic mass is 19.1. The van der Waals surface area contributed by atoms with E-state index in [9.17, 15) is 19.1 Å². The van der Waals surface area contributed by atoms with Gasteiger partial charge >= 0.3 is 0 Å². The summed E-state index contributed by atoms with van der Waals surface area (Å²) >= 11 is 0. The summed E-state index contributed by atoms with van der Waals surface area (Å²) in [4.78, 5) is 30.0. The number of aliphatic hydroxyl groups excluding tert-OH is 1. The molecule has 4 rings (SSSR count). The zero-order chi connectivity index (χ0) is 24.8. The maximum atomic E-state index is 13.5. The quantitative estimate of drug-likeness (QED) is 0.254. The SMILES string of the molecule is CCCCOc1cccc(C2C(=C(O)c3ccc(F)cc3)C(=O)C(=O)N2CCN2CCOCC2)c1. The molecule has 0 aliphatic carbocycles. The number of Topliss-reactive ketones (excluding diaryl/α,β-unsaturated/α-hetero) is 1. The summed E-state index contributed by atoms with van der Waals surface area (Å²) in [5.74, 6) is -1.56. The summed E-state index contributed by atoms with van der Waals surface area (Å²) < 4.78 is 24.7. The number of benzene rings is 2. The third-order valence-electron chi connectivity index (χ3n) is 6.36. The molecule has 2 aromatic rings. The van der Waals surface area contributed by atoms with E-state index >= 15 is 0 Å². The smallest absolute Gasteiger partial charge is 0.295 e. The molecule has 0 spiro atoms. The topological polar surface area (TPSA) is 79.3 Å². The van der Waals surface area contributed by atoms with Crippen molar-refractivity contribution in [2.24, 2.45) is 0 Å². The number of hydrogen-bond acceptors (Lipinski definition) is 6. The number of morpholine rings is 1. The van der Waals surface area contributed by atoms with Gasteiger partial charge in [-0.05, 0) is 48.4 Å². The molecular formula is C27H31FN2O5. The van der Waals surface area contributed by atoms with E-state index in [1.54, 1.807) is 0 Å². The predicted molar refractivity (Wildman–Crippen MR) is 130 cm³/mol. The van der Waals surface area contributed by atoms with Gasteiger partial charge in [0.1, 0.15) is 17.3 Å². The van der Waals surface area contributed by atoms with Gasteiger partial charge in [0.15, 0.2) is 0 Å². The number of aliphatic hydroxyl groups is 1. The van der Waals surface area contributed by atoms with Crippen molar-refractivity contribution in [3.05, 3.63) is 71.0 Å². The fraction of sp³-hybridized carbons (Fsp3) is 0.407. The van der Waals surface area contributed by atoms with Gasteiger partial charge in [-0.3, -0.25) is 14.5 Å². The van der Waals surface area contributed by atoms with Crippen molar-refractivity contribution in [1.29, 1.82) is 0 Å². The van der Waals surface area contributed by atoms with Crippen LogP contribution < -0.4 is 4.74 Å². The highest BCUT2D eigenvalue weighted by Crippen LogP contribution is 2.40. The van der Waals surface area contributed by atoms with Crippen LogP contribution in [0.5, 0.6) is 5.75 Å². The molecule has 2 fully saturated rings. The minimum absolute atomic E-state index is 0.00528. The van der Waals surface area contributed by atoms with Gasteiger partial charge in [0.05, 0.1) is 31.4 Å². The second kappa shape index (κ2) is 11.5. The molecule has 2 aliphatic rings. The zero-order valence-electron chi connectivity index (χ0n) is 19.9. The Labute approximate surface area is 204 Å². The predicted octanol–water partition coefficient (Wildman–Crippen LogP) is 3.76. The van der Waals surface area contributed by atoms with Crippen LogP contribution in [-0.2, 0) is 14.3 Å². The van der Waals surface area contributed by atoms with Crippen LogP contribution in [-0.4, -0.2) is 72.6 Å². The molecule has 7 nitrogen and oxygen atoms in total. The fourth-order valence-electron chi connectivity index (χ4n) is 4.40. The van der Waals surface area contributed by atoms with E-state index in [1.807, 2.05) is 24.3 Å². The van der Waals surface area contributed by atoms with Crippen LogP contribution >= 0.6 is 0 Å². The molecule has 186 valence electrons. The van der Waals surface area contributed by atoms with Crippen LogP contribution in [0.1, 0.15) is 36.9 Å². The third-order valence-corrected chi connectivity index (χ3v) is 6.36. The van der Waals surface area contributed by atoms with Gasteiger partial charge in [-0.25, -0.2) is 4.39 Å². The second-order valence-corrected chi connectivity index (χ2v) is 8.73. The van der Waals surface area contributed by atoms with E-state index in [-0.39, 0.29) is 16.9 Å². The lowest BCUT2D eigenvalue weighted by Crippen LogP contribution is -2.42. The van der Waals surface area contributed by atoms with E-state index < -0.39 is 23.5 Å². The molecule has 0 bridgehead atoms. The first-order chi connectivity index (χ1) is 17.0. The van der Waals surface area contributed by atoms with Crippen molar-refractivity contribution >= 4 is 17.4 Å². The average molecular weight is 483 g/mol. The standard InChI is InChI=1S/C27H31FN2O5/c1-2-3-15-35-22-6-4-5-20(18-22)24-23(25(31)19-7-9-21(28)10-8-19)26(32)27(33)30(24)12-11-29-13-16-34-17-14-29/h4-10,18,24,31H,2-3,11-17H2,1H3. The number of ether oxygens (including phenoxy) is 2. The first kappa shape index (κ1) is 24.9. The van der Waals surface area contributed by atoms with E-state index in [2.05, 4.69) is 11.8 Å². The monoisotopic (exact) mass is 482 g/mol. The molecule has 1 amide bonds. The maximum Gasteiger partial charge on any atom is 0.295 e. The fourth-order valence-corrected chi connectivity index (χ4v) is 4.40. The molecule has 2 aromatic carbocycles. The van der Waals surface area contributed by atoms with Crippen LogP contribution in [0.15, 0.2) is 54.1 Å². The van der Waals surface area contributed by atoms with Crippen molar-refractivity contribution in [3.63, 3.8) is 0 Å². The van der Waals surface area contributed by atoms with Crippen LogP contribution in [0.25, 0.3) is 5.76 Å². The number of rotatable bonds is 9. The van der Waals surface area contributed by atoms with Crippen LogP contribution in [0.4, 0.5) is 4.39 Å². The van der Waals surface area contributed by atoms with E-state index in [1.165, 1.54) is 29.2 Å². The zero-order valence-corrected chi connectivity index (χ0v) is 19.9. The van der Waals surface area contributed by atoms with E-state index in [0.717, 1.165) is 25.9 Å². The number of ketones is 1. The van der Waals surface area contributed by atoms with Gasteiger partial charge in [0, 0.05) is 31.7 Å². The Morgan fingerprint density at radius 1 is 1.11 bits per heavy atom. The number of amides is 1. The first-order valence-corrected chi connectivity index (χ1v) is 12.1. The summed E-state index contributed by atoms with van der Waals surface area (Å²) in [7, 11) is 0. The normalized spacial score (nSPS) is 20.4. The third kappa shape index (κ3) is 5.71. The molecule has 1 N–H and O–H groups in total. The molecule has 8 heteroatoms. The Hall–Kier alpha value is -3.23. The number of likely N-dealkylation sites (tertiary alicyclic amines) is 1. The Bertz CT molecular complexity index is 1080. The average Bonchev–Trinajstić information content (AvgIpc) is 3.13. The first-order valence-electron chi connectivity index (χ1n) is 12.1. The van der Waals surface area contributed by atoms with Gasteiger partial charge < -0.3 is 19.5 Å². The van der Waals surface area contributed by atoms with Gasteiger partial charge in [-0.15, -0.1) is 0 Å². The number of nitrogens with zero attached hydrogens (tertiary/aromatic N) is 2. The summed E-state index contributed by atoms with van der Waals surface area (Å²) in [6.45, 7) is 6.31. The van der Waals surface area contributed by atoms with Crippen molar-refractivity contribution < 1.29 is 28.6 Å². The molecule has 1 unspecified atom stereocenters. The number of hydrogen-bond donors (Lipinski definition) is 1. The van der Waals surface area contributed by atoms with Gasteiger partial charge in [0.2, 0.25) is 0 Å². The summed E-state index contributed by atoms with van der Waals surface area (Å²) in [6, 6.07) is 11.7. The molecular weight excluding hydrogens is 451 g/mol. The summed E-state index contributed by atoms with van der Waals surface area (Å²) in [6.07, 6.45) is 1.91. The van der Waals surface area contributed by atoms with Crippen LogP contribution in [0.2, 0.25) is 0 Å². The molecule has 1 atom stereocenters. The number of unbranched alkanes of at least 4 members (excludes halogenated alkanes) is 1. The summed E-state index contributed by atoms with van der Waals surface area (Å²) in [5, 5.41) is 11.1. The van der Waals surface area contributed by atoms with E-state index in [0.29, 0.717) is 44.2 Å². The lowest BCUT2D eigenvalue weighted by molar-refractivity contribution is -0.140. The van der Waals surface area contributed by atoms with Gasteiger partial charge in [0.25, 0.3) is 11.7 Å². The Kier molecular flexibility index (Phi) is 8.15. The molecule has 35 heavy (non-hydrogen) atoms. The number of carbonyl (C=O) groups is 2. The molecule has 0 aromatic heterocycles. The molecule has 2 heterocycles. The Morgan fingerprint density at radius 2 is 1.86 bits per heavy atom. The molecule has 2 aliphatic heterocycles. The van der Waals surface area contributed by atoms with Crippen molar-refractivity contribution in [2.45, 2.75) is 25.8 Å². The van der Waals surface area contributed by atoms with E-state index in [4.69, 9.17) is 9.47 Å². The largest absolute Gasteiger partial charge is 0.507 e. The van der Waals surface area contributed by atoms with Crippen molar-refractivity contribution in [3.8, 4) is 5.75 Å². The second-order valence-electron chi connectivity index (χ2n) is 8.73. The number of carbonyl (C=O) groups excluding carboxylic acids is 2. The van der Waals surface area contributed by atoms with Crippen molar-refractivity contribution in [1.82, 2.24) is 9.80 Å². The van der Waals surface area contributed by atoms with Crippen LogP contribution in [0, 0.1) is 5.82 Å². The summed E-state index contributed by atoms with van der Waals surface area (Å²) in [5.41, 5.74) is 0.941. The minimum Gasteiger partial charge on any atom is -0.507 e. The molecule has 0 saturated carbocycles. The van der Waals surface area contributed by atoms with Crippen molar-refractivity contribution in [2.75, 3.05) is 46.0 Å². The Morgan fingerprint density at radius 3 is 2.57 bits per heavy atom. The highest BCUT2D eigenvalue weighted by molar-refractivity contribution is 6.46. The van der Waals surface area contributed by atoms with Gasteiger partial charge in [-0.1, -0.05) is 25.5 Å². The molecule has 0 radical (unpaired) electrons.